The Balaban J connectivity index is 1.77. The van der Waals surface area contributed by atoms with E-state index in [0.29, 0.717) is 12.3 Å². The molecule has 0 aromatic rings. The molecule has 0 aromatic heterocycles. The van der Waals surface area contributed by atoms with Crippen molar-refractivity contribution in [1.82, 2.24) is 10.2 Å². The van der Waals surface area contributed by atoms with Crippen LogP contribution in [-0.2, 0) is 4.74 Å². The third kappa shape index (κ3) is 2.27. The second kappa shape index (κ2) is 4.60. The van der Waals surface area contributed by atoms with Crippen molar-refractivity contribution in [2.75, 3.05) is 26.2 Å². The minimum atomic E-state index is 0.351. The number of nitrogens with one attached hydrogen (secondary N) is 1. The van der Waals surface area contributed by atoms with Gasteiger partial charge < -0.3 is 9.64 Å². The standard InChI is InChI=1S/C11H22N2O/c1-9(2)13-6-3-10(4-7-13)11-12-5-8-14-11/h9-12H,3-8H2,1-2H3. The zero-order chi connectivity index (χ0) is 9.97. The van der Waals surface area contributed by atoms with Crippen molar-refractivity contribution in [3.63, 3.8) is 0 Å². The predicted molar refractivity (Wildman–Crippen MR) is 57.2 cm³/mol. The first-order chi connectivity index (χ1) is 6.77. The summed E-state index contributed by atoms with van der Waals surface area (Å²) in [7, 11) is 0. The van der Waals surface area contributed by atoms with Gasteiger partial charge in [-0.05, 0) is 39.8 Å². The van der Waals surface area contributed by atoms with Gasteiger partial charge in [0.05, 0.1) is 6.61 Å². The van der Waals surface area contributed by atoms with E-state index in [1.54, 1.807) is 0 Å². The van der Waals surface area contributed by atoms with Gasteiger partial charge in [0.2, 0.25) is 0 Å². The van der Waals surface area contributed by atoms with Crippen LogP contribution in [0.5, 0.6) is 0 Å². The van der Waals surface area contributed by atoms with Crippen molar-refractivity contribution < 1.29 is 4.74 Å². The van der Waals surface area contributed by atoms with E-state index in [2.05, 4.69) is 24.1 Å². The minimum absolute atomic E-state index is 0.351. The molecule has 2 heterocycles. The first-order valence-electron chi connectivity index (χ1n) is 5.86. The van der Waals surface area contributed by atoms with Gasteiger partial charge in [-0.1, -0.05) is 0 Å². The molecule has 3 nitrogen and oxygen atoms in total. The molecule has 1 unspecified atom stereocenters. The van der Waals surface area contributed by atoms with Crippen LogP contribution in [0.1, 0.15) is 26.7 Å². The van der Waals surface area contributed by atoms with Gasteiger partial charge in [-0.25, -0.2) is 0 Å². The molecule has 2 aliphatic heterocycles. The lowest BCUT2D eigenvalue weighted by molar-refractivity contribution is 0.0169. The highest BCUT2D eigenvalue weighted by Gasteiger charge is 2.29. The normalized spacial score (nSPS) is 31.5. The van der Waals surface area contributed by atoms with Crippen LogP contribution in [-0.4, -0.2) is 43.4 Å². The molecule has 0 spiro atoms. The Kier molecular flexibility index (Phi) is 3.42. The maximum atomic E-state index is 5.66. The molecule has 0 aliphatic carbocycles. The van der Waals surface area contributed by atoms with E-state index in [9.17, 15) is 0 Å². The van der Waals surface area contributed by atoms with Crippen LogP contribution in [0.25, 0.3) is 0 Å². The lowest BCUT2D eigenvalue weighted by atomic mass is 9.94. The molecule has 2 saturated heterocycles. The van der Waals surface area contributed by atoms with E-state index in [-0.39, 0.29) is 0 Å². The summed E-state index contributed by atoms with van der Waals surface area (Å²) in [6.45, 7) is 8.98. The molecule has 1 atom stereocenters. The largest absolute Gasteiger partial charge is 0.362 e. The molecule has 2 aliphatic rings. The van der Waals surface area contributed by atoms with Crippen LogP contribution < -0.4 is 5.32 Å². The van der Waals surface area contributed by atoms with Crippen LogP contribution in [0.2, 0.25) is 0 Å². The maximum Gasteiger partial charge on any atom is 0.111 e. The van der Waals surface area contributed by atoms with E-state index >= 15 is 0 Å². The SMILES string of the molecule is CC(C)N1CCC(C2NCCO2)CC1. The Morgan fingerprint density at radius 1 is 1.29 bits per heavy atom. The second-order valence-corrected chi connectivity index (χ2v) is 4.71. The van der Waals surface area contributed by atoms with Crippen molar-refractivity contribution in [3.05, 3.63) is 0 Å². The van der Waals surface area contributed by atoms with E-state index in [1.807, 2.05) is 0 Å². The molecule has 0 aromatic carbocycles. The Morgan fingerprint density at radius 3 is 2.50 bits per heavy atom. The molecule has 3 heteroatoms. The quantitative estimate of drug-likeness (QED) is 0.718. The minimum Gasteiger partial charge on any atom is -0.362 e. The highest BCUT2D eigenvalue weighted by atomic mass is 16.5. The maximum absolute atomic E-state index is 5.66. The molecule has 0 radical (unpaired) electrons. The van der Waals surface area contributed by atoms with Crippen molar-refractivity contribution in [2.24, 2.45) is 5.92 Å². The molecule has 2 fully saturated rings. The van der Waals surface area contributed by atoms with Crippen LogP contribution >= 0.6 is 0 Å². The highest BCUT2D eigenvalue weighted by molar-refractivity contribution is 4.80. The summed E-state index contributed by atoms with van der Waals surface area (Å²) in [4.78, 5) is 2.56. The summed E-state index contributed by atoms with van der Waals surface area (Å²) >= 11 is 0. The zero-order valence-electron chi connectivity index (χ0n) is 9.33. The van der Waals surface area contributed by atoms with Crippen LogP contribution in [0, 0.1) is 5.92 Å². The first-order valence-corrected chi connectivity index (χ1v) is 5.86. The smallest absolute Gasteiger partial charge is 0.111 e. The number of hydrogen-bond donors (Lipinski definition) is 1. The van der Waals surface area contributed by atoms with Gasteiger partial charge in [-0.15, -0.1) is 0 Å². The Hall–Kier alpha value is -0.120. The molecule has 2 rings (SSSR count). The first kappa shape index (κ1) is 10.4. The van der Waals surface area contributed by atoms with Crippen LogP contribution in [0.3, 0.4) is 0 Å². The number of ether oxygens (including phenoxy) is 1. The molecule has 1 N–H and O–H groups in total. The van der Waals surface area contributed by atoms with Gasteiger partial charge in [0.15, 0.2) is 0 Å². The number of likely N-dealkylation sites (tertiary alicyclic amines) is 1. The molecule has 14 heavy (non-hydrogen) atoms. The second-order valence-electron chi connectivity index (χ2n) is 4.71. The predicted octanol–water partition coefficient (Wildman–Crippen LogP) is 1.05. The molecule has 0 bridgehead atoms. The lowest BCUT2D eigenvalue weighted by Crippen LogP contribution is -2.43. The van der Waals surface area contributed by atoms with Gasteiger partial charge in [0.1, 0.15) is 6.23 Å². The van der Waals surface area contributed by atoms with Crippen LogP contribution in [0.4, 0.5) is 0 Å². The summed E-state index contributed by atoms with van der Waals surface area (Å²) in [6.07, 6.45) is 2.93. The average molecular weight is 198 g/mol. The van der Waals surface area contributed by atoms with E-state index < -0.39 is 0 Å². The fourth-order valence-corrected chi connectivity index (χ4v) is 2.49. The van der Waals surface area contributed by atoms with Gasteiger partial charge in [-0.2, -0.15) is 0 Å². The third-order valence-corrected chi connectivity index (χ3v) is 3.48. The van der Waals surface area contributed by atoms with E-state index in [0.717, 1.165) is 19.1 Å². The fraction of sp³-hybridized carbons (Fsp3) is 1.00. The Morgan fingerprint density at radius 2 is 2.00 bits per heavy atom. The van der Waals surface area contributed by atoms with Crippen molar-refractivity contribution in [2.45, 2.75) is 39.0 Å². The van der Waals surface area contributed by atoms with Crippen molar-refractivity contribution in [3.8, 4) is 0 Å². The van der Waals surface area contributed by atoms with Crippen molar-refractivity contribution in [1.29, 1.82) is 0 Å². The van der Waals surface area contributed by atoms with Gasteiger partial charge in [0, 0.05) is 18.5 Å². The average Bonchev–Trinajstić information content (AvgIpc) is 2.71. The lowest BCUT2D eigenvalue weighted by Gasteiger charge is -2.36. The fourth-order valence-electron chi connectivity index (χ4n) is 2.49. The van der Waals surface area contributed by atoms with Gasteiger partial charge in [-0.3, -0.25) is 5.32 Å². The third-order valence-electron chi connectivity index (χ3n) is 3.48. The van der Waals surface area contributed by atoms with Crippen LogP contribution in [0.15, 0.2) is 0 Å². The van der Waals surface area contributed by atoms with E-state index in [4.69, 9.17) is 4.74 Å². The molecular weight excluding hydrogens is 176 g/mol. The molecule has 82 valence electrons. The Labute approximate surface area is 86.8 Å². The topological polar surface area (TPSA) is 24.5 Å². The summed E-state index contributed by atoms with van der Waals surface area (Å²) < 4.78 is 5.66. The summed E-state index contributed by atoms with van der Waals surface area (Å²) in [5.41, 5.74) is 0. The number of nitrogens with zero attached hydrogens (tertiary/aromatic N) is 1. The molecule has 0 saturated carbocycles. The summed E-state index contributed by atoms with van der Waals surface area (Å²) in [5.74, 6) is 0.743. The van der Waals surface area contributed by atoms with Gasteiger partial charge in [0.25, 0.3) is 0 Å². The molecular formula is C11H22N2O. The monoisotopic (exact) mass is 198 g/mol. The number of piperidine rings is 1. The molecule has 0 amide bonds. The number of hydrogen-bond acceptors (Lipinski definition) is 3. The van der Waals surface area contributed by atoms with Gasteiger partial charge >= 0.3 is 0 Å². The summed E-state index contributed by atoms with van der Waals surface area (Å²) in [6, 6.07) is 0.702. The number of rotatable bonds is 2. The zero-order valence-corrected chi connectivity index (χ0v) is 9.33. The highest BCUT2D eigenvalue weighted by Crippen LogP contribution is 2.23. The van der Waals surface area contributed by atoms with Crippen molar-refractivity contribution >= 4 is 0 Å². The summed E-state index contributed by atoms with van der Waals surface area (Å²) in [5, 5.41) is 3.43. The van der Waals surface area contributed by atoms with E-state index in [1.165, 1.54) is 25.9 Å². The Bertz CT molecular complexity index is 170.